The van der Waals surface area contributed by atoms with Crippen LogP contribution in [0.1, 0.15) is 68.2 Å². The summed E-state index contributed by atoms with van der Waals surface area (Å²) < 4.78 is 36.7. The summed E-state index contributed by atoms with van der Waals surface area (Å²) in [4.78, 5) is 0. The van der Waals surface area contributed by atoms with E-state index in [1.165, 1.54) is 0 Å². The van der Waals surface area contributed by atoms with E-state index in [0.29, 0.717) is 26.4 Å². The first kappa shape index (κ1) is 29.2. The van der Waals surface area contributed by atoms with Gasteiger partial charge in [-0.3, -0.25) is 5.32 Å². The normalized spacial score (nSPS) is 17.2. The van der Waals surface area contributed by atoms with Crippen molar-refractivity contribution < 1.29 is 27.2 Å². The molecule has 176 valence electrons. The lowest BCUT2D eigenvalue weighted by molar-refractivity contribution is -0.0722. The van der Waals surface area contributed by atoms with Crippen molar-refractivity contribution in [2.45, 2.75) is 105 Å². The average molecular weight is 454 g/mol. The van der Waals surface area contributed by atoms with Crippen LogP contribution in [0, 0.1) is 0 Å². The fraction of sp³-hybridized carbons (Fsp3) is 1.00. The van der Waals surface area contributed by atoms with E-state index in [9.17, 15) is 0 Å². The molecule has 4 unspecified atom stereocenters. The number of hydrogen-bond acceptors (Lipinski definition) is 7. The van der Waals surface area contributed by atoms with Gasteiger partial charge in [-0.05, 0) is 67.5 Å². The van der Waals surface area contributed by atoms with Crippen LogP contribution in [0.2, 0.25) is 13.1 Å². The summed E-state index contributed by atoms with van der Waals surface area (Å²) in [5.41, 5.74) is -0.129. The molecule has 0 aromatic heterocycles. The van der Waals surface area contributed by atoms with Crippen molar-refractivity contribution in [2.24, 2.45) is 0 Å². The number of ether oxygens (including phenoxy) is 2. The fourth-order valence-corrected chi connectivity index (χ4v) is 9.27. The molecule has 0 aromatic carbocycles. The van der Waals surface area contributed by atoms with Crippen LogP contribution in [-0.2, 0) is 27.2 Å². The first-order valence-electron chi connectivity index (χ1n) is 11.3. The lowest BCUT2D eigenvalue weighted by Crippen LogP contribution is -2.56. The topological polar surface area (TPSA) is 67.4 Å². The maximum atomic E-state index is 6.31. The molecular formula is C20H47NO6Si2. The van der Waals surface area contributed by atoms with E-state index in [-0.39, 0.29) is 23.9 Å². The Hall–Kier alpha value is 0.154. The van der Waals surface area contributed by atoms with Gasteiger partial charge in [-0.25, -0.2) is 0 Å². The van der Waals surface area contributed by atoms with Crippen LogP contribution in [0.15, 0.2) is 0 Å². The highest BCUT2D eigenvalue weighted by atomic mass is 28.4. The molecule has 7 nitrogen and oxygen atoms in total. The Bertz CT molecular complexity index is 370. The zero-order valence-electron chi connectivity index (χ0n) is 20.5. The zero-order valence-corrected chi connectivity index (χ0v) is 22.5. The van der Waals surface area contributed by atoms with Gasteiger partial charge in [0, 0.05) is 26.4 Å². The van der Waals surface area contributed by atoms with Crippen LogP contribution >= 0.6 is 0 Å². The van der Waals surface area contributed by atoms with Crippen LogP contribution in [0.3, 0.4) is 0 Å². The van der Waals surface area contributed by atoms with Gasteiger partial charge in [-0.1, -0.05) is 13.8 Å². The van der Waals surface area contributed by atoms with Crippen LogP contribution in [0.5, 0.6) is 0 Å². The van der Waals surface area contributed by atoms with E-state index < -0.39 is 17.1 Å². The summed E-state index contributed by atoms with van der Waals surface area (Å²) in [6.45, 7) is 22.9. The van der Waals surface area contributed by atoms with Gasteiger partial charge >= 0.3 is 17.1 Å². The Balaban J connectivity index is 4.98. The lowest BCUT2D eigenvalue weighted by Gasteiger charge is -2.37. The highest BCUT2D eigenvalue weighted by Crippen LogP contribution is 2.22. The monoisotopic (exact) mass is 453 g/mol. The molecule has 29 heavy (non-hydrogen) atoms. The van der Waals surface area contributed by atoms with Crippen molar-refractivity contribution in [2.75, 3.05) is 26.4 Å². The van der Waals surface area contributed by atoms with Crippen LogP contribution in [0.25, 0.3) is 0 Å². The third-order valence-electron chi connectivity index (χ3n) is 4.84. The van der Waals surface area contributed by atoms with E-state index in [4.69, 9.17) is 27.2 Å². The maximum absolute atomic E-state index is 6.31. The molecule has 0 aliphatic heterocycles. The van der Waals surface area contributed by atoms with Crippen molar-refractivity contribution in [3.63, 3.8) is 0 Å². The second kappa shape index (κ2) is 15.0. The van der Waals surface area contributed by atoms with Crippen molar-refractivity contribution in [3.8, 4) is 0 Å². The van der Waals surface area contributed by atoms with Gasteiger partial charge < -0.3 is 27.2 Å². The van der Waals surface area contributed by atoms with Gasteiger partial charge in [0.05, 0.1) is 0 Å². The first-order chi connectivity index (χ1) is 13.7. The standard InChI is InChI=1S/C20H47NO6Si2/c1-11-19(28(9,22-13-3)23-14-4)26-17(7)21-18(8)27-20(12-2)29(10,24-15-5)25-16-6/h17-21H,11-16H2,1-10H3. The molecule has 0 bridgehead atoms. The Labute approximate surface area is 181 Å². The van der Waals surface area contributed by atoms with Gasteiger partial charge in [0.2, 0.25) is 0 Å². The summed E-state index contributed by atoms with van der Waals surface area (Å²) >= 11 is 0. The molecule has 0 saturated carbocycles. The molecule has 0 aliphatic carbocycles. The molecule has 4 atom stereocenters. The lowest BCUT2D eigenvalue weighted by atomic mass is 10.5. The minimum atomic E-state index is -2.42. The van der Waals surface area contributed by atoms with Gasteiger partial charge in [0.25, 0.3) is 0 Å². The second-order valence-corrected chi connectivity index (χ2v) is 13.8. The quantitative estimate of drug-likeness (QED) is 0.246. The third kappa shape index (κ3) is 9.88. The molecule has 0 aliphatic rings. The summed E-state index contributed by atoms with van der Waals surface area (Å²) in [6.07, 6.45) is 1.27. The molecule has 0 saturated heterocycles. The molecule has 1 N–H and O–H groups in total. The SMILES string of the molecule is CCO[Si](C)(OCC)C(CC)OC(C)NC(C)OC(CC)[Si](C)(OCC)OCC. The number of hydrogen-bond donors (Lipinski definition) is 1. The summed E-state index contributed by atoms with van der Waals surface area (Å²) in [5.74, 6) is 0. The van der Waals surface area contributed by atoms with Gasteiger partial charge in [-0.15, -0.1) is 0 Å². The summed E-state index contributed by atoms with van der Waals surface area (Å²) in [5, 5.41) is 3.40. The molecule has 0 heterocycles. The Morgan fingerprint density at radius 1 is 0.586 bits per heavy atom. The third-order valence-corrected chi connectivity index (χ3v) is 11.7. The maximum Gasteiger partial charge on any atom is 0.364 e. The van der Waals surface area contributed by atoms with Crippen molar-refractivity contribution in [1.29, 1.82) is 0 Å². The van der Waals surface area contributed by atoms with Crippen LogP contribution < -0.4 is 5.32 Å². The van der Waals surface area contributed by atoms with Crippen molar-refractivity contribution in [1.82, 2.24) is 5.32 Å². The first-order valence-corrected chi connectivity index (χ1v) is 16.1. The van der Waals surface area contributed by atoms with Crippen molar-refractivity contribution >= 4 is 17.1 Å². The van der Waals surface area contributed by atoms with Gasteiger partial charge in [0.1, 0.15) is 23.9 Å². The molecule has 9 heteroatoms. The molecule has 0 amide bonds. The highest BCUT2D eigenvalue weighted by Gasteiger charge is 2.43. The molecule has 0 aromatic rings. The fourth-order valence-electron chi connectivity index (χ4n) is 3.68. The molecule has 0 fully saturated rings. The highest BCUT2D eigenvalue weighted by molar-refractivity contribution is 6.67. The number of nitrogens with one attached hydrogen (secondary N) is 1. The summed E-state index contributed by atoms with van der Waals surface area (Å²) in [6, 6.07) is 0. The van der Waals surface area contributed by atoms with E-state index in [0.717, 1.165) is 12.8 Å². The number of rotatable bonds is 18. The smallest absolute Gasteiger partial charge is 0.364 e. The Kier molecular flexibility index (Phi) is 15.1. The van der Waals surface area contributed by atoms with Gasteiger partial charge in [-0.2, -0.15) is 0 Å². The van der Waals surface area contributed by atoms with E-state index in [1.54, 1.807) is 0 Å². The average Bonchev–Trinajstić information content (AvgIpc) is 2.64. The second-order valence-electron chi connectivity index (χ2n) is 7.28. The Morgan fingerprint density at radius 2 is 0.862 bits per heavy atom. The van der Waals surface area contributed by atoms with E-state index in [2.05, 4.69) is 32.3 Å². The minimum Gasteiger partial charge on any atom is -0.393 e. The predicted molar refractivity (Wildman–Crippen MR) is 122 cm³/mol. The molecular weight excluding hydrogens is 406 g/mol. The van der Waals surface area contributed by atoms with Crippen LogP contribution in [0.4, 0.5) is 0 Å². The summed E-state index contributed by atoms with van der Waals surface area (Å²) in [7, 11) is -4.84. The Morgan fingerprint density at radius 3 is 1.07 bits per heavy atom. The van der Waals surface area contributed by atoms with Gasteiger partial charge in [0.15, 0.2) is 0 Å². The van der Waals surface area contributed by atoms with E-state index >= 15 is 0 Å². The molecule has 0 radical (unpaired) electrons. The zero-order chi connectivity index (χ0) is 22.5. The molecule has 0 rings (SSSR count). The molecule has 0 spiro atoms. The largest absolute Gasteiger partial charge is 0.393 e. The van der Waals surface area contributed by atoms with E-state index in [1.807, 2.05) is 41.5 Å². The predicted octanol–water partition coefficient (Wildman–Crippen LogP) is 4.23. The minimum absolute atomic E-state index is 0.0643. The van der Waals surface area contributed by atoms with Crippen LogP contribution in [-0.4, -0.2) is 67.5 Å². The van der Waals surface area contributed by atoms with Crippen molar-refractivity contribution in [3.05, 3.63) is 0 Å².